The Kier molecular flexibility index (Phi) is 4.43. The molecule has 23 heavy (non-hydrogen) atoms. The molecule has 1 aromatic heterocycles. The number of benzene rings is 2. The van der Waals surface area contributed by atoms with Crippen molar-refractivity contribution in [2.45, 2.75) is 6.61 Å². The van der Waals surface area contributed by atoms with Gasteiger partial charge in [-0.05, 0) is 30.3 Å². The van der Waals surface area contributed by atoms with Crippen LogP contribution in [0, 0.1) is 0 Å². The Bertz CT molecular complexity index is 793. The molecule has 0 amide bonds. The van der Waals surface area contributed by atoms with Gasteiger partial charge in [0, 0.05) is 18.8 Å². The van der Waals surface area contributed by atoms with Gasteiger partial charge >= 0.3 is 5.97 Å². The van der Waals surface area contributed by atoms with Crippen LogP contribution >= 0.6 is 0 Å². The molecule has 3 rings (SSSR count). The number of esters is 1. The predicted molar refractivity (Wildman–Crippen MR) is 87.5 cm³/mol. The molecular weight excluding hydrogens is 290 g/mol. The van der Waals surface area contributed by atoms with Crippen LogP contribution in [0.5, 0.6) is 11.5 Å². The summed E-state index contributed by atoms with van der Waals surface area (Å²) in [5.74, 6) is 1.07. The number of hydrogen-bond donors (Lipinski definition) is 0. The van der Waals surface area contributed by atoms with Crippen LogP contribution in [0.25, 0.3) is 0 Å². The Morgan fingerprint density at radius 2 is 1.70 bits per heavy atom. The number of nitrogens with zero attached hydrogens (tertiary/aromatic N) is 1. The lowest BCUT2D eigenvalue weighted by molar-refractivity contribution is 0.0459. The fourth-order valence-corrected chi connectivity index (χ4v) is 2.23. The predicted octanol–water partition coefficient (Wildman–Crippen LogP) is 4.17. The number of aromatic nitrogens is 1. The molecule has 116 valence electrons. The van der Waals surface area contributed by atoms with E-state index in [9.17, 15) is 4.79 Å². The molecule has 0 unspecified atom stereocenters. The molecule has 0 saturated carbocycles. The van der Waals surface area contributed by atoms with Crippen molar-refractivity contribution in [2.75, 3.05) is 0 Å². The summed E-state index contributed by atoms with van der Waals surface area (Å²) in [6, 6.07) is 20.6. The average molecular weight is 307 g/mol. The highest BCUT2D eigenvalue weighted by molar-refractivity contribution is 5.87. The van der Waals surface area contributed by atoms with Crippen LogP contribution < -0.4 is 4.74 Å². The summed E-state index contributed by atoms with van der Waals surface area (Å²) >= 11 is 0. The first-order valence-electron chi connectivity index (χ1n) is 7.33. The normalized spacial score (nSPS) is 10.3. The van der Waals surface area contributed by atoms with E-state index in [1.54, 1.807) is 10.6 Å². The summed E-state index contributed by atoms with van der Waals surface area (Å²) in [6.07, 6.45) is 1.81. The van der Waals surface area contributed by atoms with Gasteiger partial charge in [-0.2, -0.15) is 0 Å². The van der Waals surface area contributed by atoms with Crippen molar-refractivity contribution in [1.82, 2.24) is 4.57 Å². The van der Waals surface area contributed by atoms with Crippen LogP contribution in [0.3, 0.4) is 0 Å². The van der Waals surface area contributed by atoms with Crippen LogP contribution in [-0.4, -0.2) is 10.5 Å². The maximum atomic E-state index is 12.1. The molecule has 0 bridgehead atoms. The van der Waals surface area contributed by atoms with Gasteiger partial charge in [0.15, 0.2) is 0 Å². The van der Waals surface area contributed by atoms with Gasteiger partial charge in [-0.25, -0.2) is 4.79 Å². The second kappa shape index (κ2) is 6.83. The SMILES string of the molecule is Cn1cccc1C(=O)OCc1ccccc1Oc1ccccc1. The molecule has 0 aliphatic rings. The van der Waals surface area contributed by atoms with Crippen molar-refractivity contribution >= 4 is 5.97 Å². The van der Waals surface area contributed by atoms with Crippen molar-refractivity contribution < 1.29 is 14.3 Å². The summed E-state index contributed by atoms with van der Waals surface area (Å²) < 4.78 is 13.0. The maximum Gasteiger partial charge on any atom is 0.355 e. The van der Waals surface area contributed by atoms with Gasteiger partial charge in [0.25, 0.3) is 0 Å². The zero-order chi connectivity index (χ0) is 16.1. The third kappa shape index (κ3) is 3.61. The average Bonchev–Trinajstić information content (AvgIpc) is 3.01. The van der Waals surface area contributed by atoms with Gasteiger partial charge in [0.1, 0.15) is 23.8 Å². The number of hydrogen-bond acceptors (Lipinski definition) is 3. The number of carbonyl (C=O) groups is 1. The van der Waals surface area contributed by atoms with E-state index in [-0.39, 0.29) is 12.6 Å². The Labute approximate surface area is 134 Å². The highest BCUT2D eigenvalue weighted by atomic mass is 16.5. The summed E-state index contributed by atoms with van der Waals surface area (Å²) in [5.41, 5.74) is 1.34. The largest absolute Gasteiger partial charge is 0.457 e. The minimum atomic E-state index is -0.355. The lowest BCUT2D eigenvalue weighted by Gasteiger charge is -2.11. The minimum absolute atomic E-state index is 0.160. The molecule has 2 aromatic carbocycles. The molecule has 4 heteroatoms. The zero-order valence-corrected chi connectivity index (χ0v) is 12.8. The summed E-state index contributed by atoms with van der Waals surface area (Å²) in [4.78, 5) is 12.1. The third-order valence-electron chi connectivity index (χ3n) is 3.46. The first-order chi connectivity index (χ1) is 11.2. The number of carbonyl (C=O) groups excluding carboxylic acids is 1. The molecule has 0 N–H and O–H groups in total. The lowest BCUT2D eigenvalue weighted by Crippen LogP contribution is -2.09. The topological polar surface area (TPSA) is 40.5 Å². The van der Waals surface area contributed by atoms with E-state index in [1.165, 1.54) is 0 Å². The number of para-hydroxylation sites is 2. The van der Waals surface area contributed by atoms with E-state index in [0.717, 1.165) is 11.3 Å². The van der Waals surface area contributed by atoms with Crippen LogP contribution in [-0.2, 0) is 18.4 Å². The molecule has 0 atom stereocenters. The molecule has 0 aliphatic heterocycles. The first kappa shape index (κ1) is 14.9. The Balaban J connectivity index is 1.71. The van der Waals surface area contributed by atoms with E-state index >= 15 is 0 Å². The molecule has 0 spiro atoms. The van der Waals surface area contributed by atoms with Crippen LogP contribution in [0.15, 0.2) is 72.9 Å². The molecule has 4 nitrogen and oxygen atoms in total. The standard InChI is InChI=1S/C19H17NO3/c1-20-13-7-11-17(20)19(21)22-14-15-8-5-6-12-18(15)23-16-9-3-2-4-10-16/h2-13H,14H2,1H3. The second-order valence-electron chi connectivity index (χ2n) is 5.10. The van der Waals surface area contributed by atoms with E-state index in [2.05, 4.69) is 0 Å². The highest BCUT2D eigenvalue weighted by Crippen LogP contribution is 2.25. The van der Waals surface area contributed by atoms with Crippen molar-refractivity contribution in [2.24, 2.45) is 7.05 Å². The van der Waals surface area contributed by atoms with Gasteiger partial charge < -0.3 is 14.0 Å². The summed E-state index contributed by atoms with van der Waals surface area (Å²) in [6.45, 7) is 0.160. The molecule has 1 heterocycles. The number of rotatable bonds is 5. The van der Waals surface area contributed by atoms with Gasteiger partial charge in [0.05, 0.1) is 0 Å². The fourth-order valence-electron chi connectivity index (χ4n) is 2.23. The summed E-state index contributed by atoms with van der Waals surface area (Å²) in [7, 11) is 1.81. The van der Waals surface area contributed by atoms with Gasteiger partial charge in [-0.1, -0.05) is 36.4 Å². The number of aryl methyl sites for hydroxylation is 1. The number of ether oxygens (including phenoxy) is 2. The maximum absolute atomic E-state index is 12.1. The highest BCUT2D eigenvalue weighted by Gasteiger charge is 2.12. The van der Waals surface area contributed by atoms with Gasteiger partial charge in [-0.3, -0.25) is 0 Å². The lowest BCUT2D eigenvalue weighted by atomic mass is 10.2. The van der Waals surface area contributed by atoms with E-state index < -0.39 is 0 Å². The third-order valence-corrected chi connectivity index (χ3v) is 3.46. The van der Waals surface area contributed by atoms with Crippen molar-refractivity contribution in [3.63, 3.8) is 0 Å². The quantitative estimate of drug-likeness (QED) is 0.664. The molecule has 0 fully saturated rings. The Morgan fingerprint density at radius 1 is 0.957 bits per heavy atom. The first-order valence-corrected chi connectivity index (χ1v) is 7.33. The molecular formula is C19H17NO3. The van der Waals surface area contributed by atoms with Crippen molar-refractivity contribution in [3.05, 3.63) is 84.2 Å². The molecule has 0 aliphatic carbocycles. The van der Waals surface area contributed by atoms with Gasteiger partial charge in [0.2, 0.25) is 0 Å². The van der Waals surface area contributed by atoms with Crippen LogP contribution in [0.1, 0.15) is 16.1 Å². The van der Waals surface area contributed by atoms with Crippen molar-refractivity contribution in [3.8, 4) is 11.5 Å². The van der Waals surface area contributed by atoms with Crippen molar-refractivity contribution in [1.29, 1.82) is 0 Å². The monoisotopic (exact) mass is 307 g/mol. The Hall–Kier alpha value is -3.01. The Morgan fingerprint density at radius 3 is 2.43 bits per heavy atom. The smallest absolute Gasteiger partial charge is 0.355 e. The molecule has 0 saturated heterocycles. The minimum Gasteiger partial charge on any atom is -0.457 e. The van der Waals surface area contributed by atoms with E-state index in [4.69, 9.17) is 9.47 Å². The molecule has 3 aromatic rings. The zero-order valence-electron chi connectivity index (χ0n) is 12.8. The second-order valence-corrected chi connectivity index (χ2v) is 5.10. The van der Waals surface area contributed by atoms with Crippen LogP contribution in [0.2, 0.25) is 0 Å². The van der Waals surface area contributed by atoms with Crippen LogP contribution in [0.4, 0.5) is 0 Å². The molecule has 0 radical (unpaired) electrons. The van der Waals surface area contributed by atoms with E-state index in [1.807, 2.05) is 73.9 Å². The fraction of sp³-hybridized carbons (Fsp3) is 0.105. The van der Waals surface area contributed by atoms with Gasteiger partial charge in [-0.15, -0.1) is 0 Å². The van der Waals surface area contributed by atoms with E-state index in [0.29, 0.717) is 11.4 Å². The summed E-state index contributed by atoms with van der Waals surface area (Å²) in [5, 5.41) is 0.